The van der Waals surface area contributed by atoms with Gasteiger partial charge < -0.3 is 15.8 Å². The van der Waals surface area contributed by atoms with Gasteiger partial charge in [-0.25, -0.2) is 4.98 Å². The molecule has 26 heavy (non-hydrogen) atoms. The predicted octanol–water partition coefficient (Wildman–Crippen LogP) is 2.66. The first-order valence-electron chi connectivity index (χ1n) is 9.21. The average Bonchev–Trinajstić information content (AvgIpc) is 3.11. The van der Waals surface area contributed by atoms with Crippen LogP contribution in [0.15, 0.2) is 24.3 Å². The SMILES string of the molecule is NCCCC[C@H](NC(=O)[C@@H]1CCCCO1)C(=O)c1nc2ccccc2s1. The Morgan fingerprint density at radius 1 is 1.31 bits per heavy atom. The van der Waals surface area contributed by atoms with Crippen molar-refractivity contribution in [3.05, 3.63) is 29.3 Å². The highest BCUT2D eigenvalue weighted by Crippen LogP contribution is 2.23. The molecule has 0 unspecified atom stereocenters. The lowest BCUT2D eigenvalue weighted by molar-refractivity contribution is -0.136. The van der Waals surface area contributed by atoms with Crippen molar-refractivity contribution < 1.29 is 14.3 Å². The fourth-order valence-corrected chi connectivity index (χ4v) is 4.06. The molecule has 0 saturated carbocycles. The van der Waals surface area contributed by atoms with Gasteiger partial charge in [0.2, 0.25) is 11.7 Å². The molecule has 1 aromatic carbocycles. The van der Waals surface area contributed by atoms with Gasteiger partial charge in [-0.3, -0.25) is 9.59 Å². The number of para-hydroxylation sites is 1. The molecule has 3 N–H and O–H groups in total. The number of benzene rings is 1. The number of carbonyl (C=O) groups is 2. The number of nitrogens with one attached hydrogen (secondary N) is 1. The van der Waals surface area contributed by atoms with Crippen LogP contribution in [-0.2, 0) is 9.53 Å². The number of ketones is 1. The van der Waals surface area contributed by atoms with E-state index < -0.39 is 12.1 Å². The molecule has 1 aliphatic heterocycles. The van der Waals surface area contributed by atoms with E-state index in [1.165, 1.54) is 11.3 Å². The van der Waals surface area contributed by atoms with Crippen LogP contribution >= 0.6 is 11.3 Å². The molecule has 1 saturated heterocycles. The number of amides is 1. The third kappa shape index (κ3) is 4.66. The first-order valence-corrected chi connectivity index (χ1v) is 10.0. The summed E-state index contributed by atoms with van der Waals surface area (Å²) in [6.45, 7) is 1.17. The number of rotatable bonds is 8. The first kappa shape index (κ1) is 18.9. The zero-order valence-corrected chi connectivity index (χ0v) is 15.6. The number of carbonyl (C=O) groups excluding carboxylic acids is 2. The second-order valence-corrected chi connectivity index (χ2v) is 7.58. The van der Waals surface area contributed by atoms with Gasteiger partial charge in [-0.05, 0) is 57.2 Å². The Kier molecular flexibility index (Phi) is 6.71. The Labute approximate surface area is 157 Å². The molecule has 3 rings (SSSR count). The van der Waals surface area contributed by atoms with Gasteiger partial charge in [0.25, 0.3) is 0 Å². The van der Waals surface area contributed by atoms with Crippen LogP contribution in [0.2, 0.25) is 0 Å². The van der Waals surface area contributed by atoms with E-state index in [1.54, 1.807) is 0 Å². The number of unbranched alkanes of at least 4 members (excludes halogenated alkanes) is 1. The average molecular weight is 375 g/mol. The van der Waals surface area contributed by atoms with E-state index in [4.69, 9.17) is 10.5 Å². The predicted molar refractivity (Wildman–Crippen MR) is 102 cm³/mol. The molecule has 7 heteroatoms. The topological polar surface area (TPSA) is 94.3 Å². The number of fused-ring (bicyclic) bond motifs is 1. The minimum Gasteiger partial charge on any atom is -0.368 e. The number of Topliss-reactive ketones (excluding diaryl/α,β-unsaturated/α-hetero) is 1. The second-order valence-electron chi connectivity index (χ2n) is 6.55. The molecule has 2 atom stereocenters. The number of thiazole rings is 1. The van der Waals surface area contributed by atoms with Crippen molar-refractivity contribution >= 4 is 33.2 Å². The summed E-state index contributed by atoms with van der Waals surface area (Å²) < 4.78 is 6.51. The van der Waals surface area contributed by atoms with E-state index in [0.717, 1.165) is 35.9 Å². The zero-order valence-electron chi connectivity index (χ0n) is 14.8. The Balaban J connectivity index is 1.73. The summed E-state index contributed by atoms with van der Waals surface area (Å²) in [6, 6.07) is 7.08. The maximum Gasteiger partial charge on any atom is 0.249 e. The molecule has 2 heterocycles. The lowest BCUT2D eigenvalue weighted by Crippen LogP contribution is -2.47. The van der Waals surface area contributed by atoms with Crippen molar-refractivity contribution in [2.75, 3.05) is 13.2 Å². The zero-order chi connectivity index (χ0) is 18.4. The summed E-state index contributed by atoms with van der Waals surface area (Å²) in [5.41, 5.74) is 6.38. The molecular formula is C19H25N3O3S. The largest absolute Gasteiger partial charge is 0.368 e. The number of hydrogen-bond acceptors (Lipinski definition) is 6. The number of ether oxygens (including phenoxy) is 1. The normalized spacial score (nSPS) is 18.6. The van der Waals surface area contributed by atoms with E-state index in [2.05, 4.69) is 10.3 Å². The smallest absolute Gasteiger partial charge is 0.249 e. The van der Waals surface area contributed by atoms with Gasteiger partial charge in [0.05, 0.1) is 16.3 Å². The van der Waals surface area contributed by atoms with E-state index in [0.29, 0.717) is 31.0 Å². The van der Waals surface area contributed by atoms with Crippen LogP contribution in [0.3, 0.4) is 0 Å². The van der Waals surface area contributed by atoms with Crippen molar-refractivity contribution in [3.8, 4) is 0 Å². The lowest BCUT2D eigenvalue weighted by atomic mass is 10.0. The molecule has 0 aliphatic carbocycles. The molecule has 1 aliphatic rings. The third-order valence-electron chi connectivity index (χ3n) is 4.56. The lowest BCUT2D eigenvalue weighted by Gasteiger charge is -2.24. The quantitative estimate of drug-likeness (QED) is 0.546. The molecule has 1 aromatic heterocycles. The molecule has 0 bridgehead atoms. The summed E-state index contributed by atoms with van der Waals surface area (Å²) in [4.78, 5) is 30.0. The van der Waals surface area contributed by atoms with Gasteiger partial charge in [-0.1, -0.05) is 12.1 Å². The molecular weight excluding hydrogens is 350 g/mol. The number of aromatic nitrogens is 1. The number of nitrogens with zero attached hydrogens (tertiary/aromatic N) is 1. The van der Waals surface area contributed by atoms with Crippen LogP contribution in [0.4, 0.5) is 0 Å². The maximum absolute atomic E-state index is 13.0. The summed E-state index contributed by atoms with van der Waals surface area (Å²) in [6.07, 6.45) is 4.36. The van der Waals surface area contributed by atoms with Crippen LogP contribution in [0, 0.1) is 0 Å². The van der Waals surface area contributed by atoms with E-state index in [1.807, 2.05) is 24.3 Å². The Morgan fingerprint density at radius 3 is 2.88 bits per heavy atom. The molecule has 2 aromatic rings. The standard InChI is InChI=1S/C19H25N3O3S/c20-11-5-3-8-14(21-18(24)15-9-4-6-12-25-15)17(23)19-22-13-7-1-2-10-16(13)26-19/h1-2,7,10,14-15H,3-6,8-9,11-12,20H2,(H,21,24)/t14-,15-/m0/s1. The highest BCUT2D eigenvalue weighted by atomic mass is 32.1. The Hall–Kier alpha value is -1.83. The molecule has 1 amide bonds. The minimum atomic E-state index is -0.583. The fourth-order valence-electron chi connectivity index (χ4n) is 3.10. The summed E-state index contributed by atoms with van der Waals surface area (Å²) in [5, 5.41) is 3.34. The summed E-state index contributed by atoms with van der Waals surface area (Å²) in [7, 11) is 0. The second kappa shape index (κ2) is 9.21. The van der Waals surface area contributed by atoms with Crippen LogP contribution in [0.25, 0.3) is 10.2 Å². The van der Waals surface area contributed by atoms with Crippen LogP contribution < -0.4 is 11.1 Å². The number of hydrogen-bond donors (Lipinski definition) is 2. The van der Waals surface area contributed by atoms with Gasteiger partial charge in [-0.2, -0.15) is 0 Å². The van der Waals surface area contributed by atoms with Crippen molar-refractivity contribution in [1.29, 1.82) is 0 Å². The van der Waals surface area contributed by atoms with Crippen molar-refractivity contribution in [2.24, 2.45) is 5.73 Å². The molecule has 6 nitrogen and oxygen atoms in total. The van der Waals surface area contributed by atoms with Gasteiger partial charge >= 0.3 is 0 Å². The highest BCUT2D eigenvalue weighted by molar-refractivity contribution is 7.20. The maximum atomic E-state index is 13.0. The van der Waals surface area contributed by atoms with E-state index >= 15 is 0 Å². The van der Waals surface area contributed by atoms with Gasteiger partial charge in [0.1, 0.15) is 6.10 Å². The van der Waals surface area contributed by atoms with Crippen molar-refractivity contribution in [2.45, 2.75) is 50.7 Å². The molecule has 1 fully saturated rings. The van der Waals surface area contributed by atoms with Crippen molar-refractivity contribution in [3.63, 3.8) is 0 Å². The fraction of sp³-hybridized carbons (Fsp3) is 0.526. The van der Waals surface area contributed by atoms with Crippen molar-refractivity contribution in [1.82, 2.24) is 10.3 Å². The minimum absolute atomic E-state index is 0.132. The first-order chi connectivity index (χ1) is 12.7. The monoisotopic (exact) mass is 375 g/mol. The number of nitrogens with two attached hydrogens (primary N) is 1. The van der Waals surface area contributed by atoms with Crippen LogP contribution in [0.1, 0.15) is 48.3 Å². The van der Waals surface area contributed by atoms with Crippen LogP contribution in [-0.4, -0.2) is 42.0 Å². The third-order valence-corrected chi connectivity index (χ3v) is 5.61. The van der Waals surface area contributed by atoms with Gasteiger partial charge in [0.15, 0.2) is 5.01 Å². The summed E-state index contributed by atoms with van der Waals surface area (Å²) in [5.74, 6) is -0.329. The molecule has 140 valence electrons. The van der Waals surface area contributed by atoms with E-state index in [-0.39, 0.29) is 11.7 Å². The Bertz CT molecular complexity index is 722. The molecule has 0 radical (unpaired) electrons. The van der Waals surface area contributed by atoms with Gasteiger partial charge in [0, 0.05) is 6.61 Å². The van der Waals surface area contributed by atoms with Gasteiger partial charge in [-0.15, -0.1) is 11.3 Å². The summed E-state index contributed by atoms with van der Waals surface area (Å²) >= 11 is 1.37. The van der Waals surface area contributed by atoms with E-state index in [9.17, 15) is 9.59 Å². The van der Waals surface area contributed by atoms with Crippen LogP contribution in [0.5, 0.6) is 0 Å². The Morgan fingerprint density at radius 2 is 2.15 bits per heavy atom. The molecule has 0 spiro atoms. The highest BCUT2D eigenvalue weighted by Gasteiger charge is 2.29.